The minimum atomic E-state index is -0.315. The molecule has 2 heterocycles. The second-order valence-corrected chi connectivity index (χ2v) is 5.59. The maximum absolute atomic E-state index is 11.9. The van der Waals surface area contributed by atoms with Crippen LogP contribution in [-0.2, 0) is 0 Å². The van der Waals surface area contributed by atoms with E-state index in [1.165, 1.54) is 6.20 Å². The van der Waals surface area contributed by atoms with E-state index >= 15 is 0 Å². The van der Waals surface area contributed by atoms with Gasteiger partial charge in [0, 0.05) is 11.2 Å². The number of halogens is 1. The lowest BCUT2D eigenvalue weighted by molar-refractivity contribution is 0.262. The summed E-state index contributed by atoms with van der Waals surface area (Å²) in [7, 11) is 0. The van der Waals surface area contributed by atoms with Gasteiger partial charge in [-0.15, -0.1) is 11.3 Å². The zero-order chi connectivity index (χ0) is 14.7. The number of urea groups is 1. The molecule has 0 aliphatic carbocycles. The van der Waals surface area contributed by atoms with Crippen LogP contribution in [-0.4, -0.2) is 16.2 Å². The minimum absolute atomic E-state index is 0.315. The molecule has 3 aromatic rings. The third-order valence-corrected chi connectivity index (χ3v) is 3.99. The Morgan fingerprint density at radius 1 is 1.19 bits per heavy atom. The Kier molecular flexibility index (Phi) is 3.89. The molecule has 0 unspecified atom stereocenters. The lowest BCUT2D eigenvalue weighted by atomic mass is 10.2. The fraction of sp³-hybridized carbons (Fsp3) is 0. The van der Waals surface area contributed by atoms with E-state index in [0.717, 1.165) is 16.1 Å². The molecule has 0 aliphatic rings. The number of nitrogens with zero attached hydrogens (tertiary/aromatic N) is 1. The number of hydrogen-bond donors (Lipinski definition) is 3. The Bertz CT molecular complexity index is 737. The molecule has 106 valence electrons. The number of amides is 2. The topological polar surface area (TPSA) is 69.8 Å². The number of rotatable bonds is 3. The van der Waals surface area contributed by atoms with Gasteiger partial charge in [0.1, 0.15) is 0 Å². The molecule has 0 spiro atoms. The van der Waals surface area contributed by atoms with Crippen molar-refractivity contribution in [3.05, 3.63) is 53.1 Å². The summed E-state index contributed by atoms with van der Waals surface area (Å²) < 4.78 is 0. The van der Waals surface area contributed by atoms with Crippen LogP contribution in [0.1, 0.15) is 0 Å². The molecule has 2 amide bonds. The van der Waals surface area contributed by atoms with E-state index in [0.29, 0.717) is 10.7 Å². The van der Waals surface area contributed by atoms with Gasteiger partial charge < -0.3 is 10.6 Å². The number of H-pyrrole nitrogens is 1. The van der Waals surface area contributed by atoms with Gasteiger partial charge in [0.2, 0.25) is 0 Å². The van der Waals surface area contributed by atoms with Gasteiger partial charge >= 0.3 is 6.03 Å². The van der Waals surface area contributed by atoms with Gasteiger partial charge in [0.05, 0.1) is 22.4 Å². The maximum Gasteiger partial charge on any atom is 0.323 e. The van der Waals surface area contributed by atoms with E-state index in [1.807, 2.05) is 35.7 Å². The van der Waals surface area contributed by atoms with E-state index in [9.17, 15) is 4.79 Å². The van der Waals surface area contributed by atoms with Gasteiger partial charge in [-0.2, -0.15) is 5.10 Å². The van der Waals surface area contributed by atoms with E-state index in [1.54, 1.807) is 17.5 Å². The smallest absolute Gasteiger partial charge is 0.306 e. The van der Waals surface area contributed by atoms with Gasteiger partial charge in [0.25, 0.3) is 0 Å². The largest absolute Gasteiger partial charge is 0.323 e. The van der Waals surface area contributed by atoms with Crippen LogP contribution < -0.4 is 10.6 Å². The molecule has 1 aromatic carbocycles. The number of carbonyl (C=O) groups excluding carboxylic acids is 1. The molecule has 21 heavy (non-hydrogen) atoms. The van der Waals surface area contributed by atoms with Crippen molar-refractivity contribution in [3.8, 4) is 10.4 Å². The Hall–Kier alpha value is -2.31. The van der Waals surface area contributed by atoms with Gasteiger partial charge in [-0.3, -0.25) is 5.10 Å². The minimum Gasteiger partial charge on any atom is -0.306 e. The molecule has 7 heteroatoms. The summed E-state index contributed by atoms with van der Waals surface area (Å²) in [6.07, 6.45) is 3.14. The van der Waals surface area contributed by atoms with Crippen LogP contribution in [0.15, 0.2) is 48.1 Å². The third-order valence-electron chi connectivity index (χ3n) is 2.78. The Morgan fingerprint density at radius 2 is 2.00 bits per heavy atom. The van der Waals surface area contributed by atoms with Crippen molar-refractivity contribution in [2.24, 2.45) is 0 Å². The summed E-state index contributed by atoms with van der Waals surface area (Å²) >= 11 is 7.45. The third kappa shape index (κ3) is 3.24. The normalized spacial score (nSPS) is 10.3. The van der Waals surface area contributed by atoms with Crippen molar-refractivity contribution in [1.29, 1.82) is 0 Å². The number of carbonyl (C=O) groups is 1. The lowest BCUT2D eigenvalue weighted by Crippen LogP contribution is -2.19. The summed E-state index contributed by atoms with van der Waals surface area (Å²) in [6, 6.07) is 9.05. The highest BCUT2D eigenvalue weighted by atomic mass is 35.5. The van der Waals surface area contributed by atoms with Crippen molar-refractivity contribution in [1.82, 2.24) is 10.2 Å². The summed E-state index contributed by atoms with van der Waals surface area (Å²) in [5.74, 6) is 0. The molecule has 3 N–H and O–H groups in total. The molecule has 0 radical (unpaired) electrons. The first kappa shape index (κ1) is 13.7. The van der Waals surface area contributed by atoms with E-state index < -0.39 is 0 Å². The molecule has 0 bridgehead atoms. The maximum atomic E-state index is 11.9. The zero-order valence-corrected chi connectivity index (χ0v) is 12.3. The first-order valence-corrected chi connectivity index (χ1v) is 7.38. The molecule has 0 saturated carbocycles. The van der Waals surface area contributed by atoms with Crippen LogP contribution in [0.4, 0.5) is 16.2 Å². The zero-order valence-electron chi connectivity index (χ0n) is 10.8. The molecular weight excluding hydrogens is 308 g/mol. The predicted molar refractivity (Wildman–Crippen MR) is 86.0 cm³/mol. The Morgan fingerprint density at radius 3 is 2.71 bits per heavy atom. The molecule has 3 rings (SSSR count). The number of benzene rings is 1. The molecule has 0 saturated heterocycles. The van der Waals surface area contributed by atoms with Crippen LogP contribution in [0.3, 0.4) is 0 Å². The standard InChI is InChI=1S/C14H11ClN4OS/c15-10-3-1-9(2-4-10)13-12(5-6-21-13)19-14(20)18-11-7-16-17-8-11/h1-8H,(H,16,17)(H2,18,19,20). The highest BCUT2D eigenvalue weighted by Crippen LogP contribution is 2.34. The molecular formula is C14H11ClN4OS. The summed E-state index contributed by atoms with van der Waals surface area (Å²) in [4.78, 5) is 12.9. The second kappa shape index (κ2) is 5.99. The fourth-order valence-corrected chi connectivity index (χ4v) is 2.82. The van der Waals surface area contributed by atoms with Crippen molar-refractivity contribution in [3.63, 3.8) is 0 Å². The molecule has 0 fully saturated rings. The number of nitrogens with one attached hydrogen (secondary N) is 3. The first-order valence-electron chi connectivity index (χ1n) is 6.12. The average molecular weight is 319 g/mol. The van der Waals surface area contributed by atoms with Gasteiger partial charge in [-0.1, -0.05) is 23.7 Å². The van der Waals surface area contributed by atoms with E-state index in [2.05, 4.69) is 20.8 Å². The number of thiophene rings is 1. The number of aromatic amines is 1. The highest BCUT2D eigenvalue weighted by molar-refractivity contribution is 7.14. The van der Waals surface area contributed by atoms with Crippen molar-refractivity contribution < 1.29 is 4.79 Å². The number of aromatic nitrogens is 2. The second-order valence-electron chi connectivity index (χ2n) is 4.24. The summed E-state index contributed by atoms with van der Waals surface area (Å²) in [5.41, 5.74) is 2.37. The van der Waals surface area contributed by atoms with Crippen molar-refractivity contribution in [2.75, 3.05) is 10.6 Å². The number of anilines is 2. The monoisotopic (exact) mass is 318 g/mol. The van der Waals surface area contributed by atoms with E-state index in [4.69, 9.17) is 11.6 Å². The highest BCUT2D eigenvalue weighted by Gasteiger charge is 2.10. The quantitative estimate of drug-likeness (QED) is 0.668. The molecule has 0 atom stereocenters. The summed E-state index contributed by atoms with van der Waals surface area (Å²) in [6.45, 7) is 0. The molecule has 5 nitrogen and oxygen atoms in total. The Balaban J connectivity index is 1.76. The van der Waals surface area contributed by atoms with Gasteiger partial charge in [-0.05, 0) is 29.1 Å². The van der Waals surface area contributed by atoms with Crippen LogP contribution >= 0.6 is 22.9 Å². The summed E-state index contributed by atoms with van der Waals surface area (Å²) in [5, 5.41) is 14.5. The Labute approximate surface area is 130 Å². The lowest BCUT2D eigenvalue weighted by Gasteiger charge is -2.07. The SMILES string of the molecule is O=C(Nc1cn[nH]c1)Nc1ccsc1-c1ccc(Cl)cc1. The molecule has 0 aliphatic heterocycles. The van der Waals surface area contributed by atoms with Crippen molar-refractivity contribution in [2.45, 2.75) is 0 Å². The average Bonchev–Trinajstić information content (AvgIpc) is 3.11. The van der Waals surface area contributed by atoms with Crippen LogP contribution in [0.25, 0.3) is 10.4 Å². The number of hydrogen-bond acceptors (Lipinski definition) is 3. The first-order chi connectivity index (χ1) is 10.2. The predicted octanol–water partition coefficient (Wildman–Crippen LogP) is 4.44. The van der Waals surface area contributed by atoms with Crippen LogP contribution in [0, 0.1) is 0 Å². The van der Waals surface area contributed by atoms with Crippen LogP contribution in [0.2, 0.25) is 5.02 Å². The van der Waals surface area contributed by atoms with Gasteiger partial charge in [0.15, 0.2) is 0 Å². The fourth-order valence-electron chi connectivity index (χ4n) is 1.84. The van der Waals surface area contributed by atoms with E-state index in [-0.39, 0.29) is 6.03 Å². The van der Waals surface area contributed by atoms with Gasteiger partial charge in [-0.25, -0.2) is 4.79 Å². The van der Waals surface area contributed by atoms with Crippen molar-refractivity contribution >= 4 is 40.3 Å². The van der Waals surface area contributed by atoms with Crippen LogP contribution in [0.5, 0.6) is 0 Å². The molecule has 2 aromatic heterocycles.